The first-order valence-corrected chi connectivity index (χ1v) is 5.40. The summed E-state index contributed by atoms with van der Waals surface area (Å²) in [6.07, 6.45) is 0. The van der Waals surface area contributed by atoms with Gasteiger partial charge in [0.25, 0.3) is 0 Å². The molecule has 17 heavy (non-hydrogen) atoms. The molecule has 0 radical (unpaired) electrons. The van der Waals surface area contributed by atoms with Gasteiger partial charge in [0.1, 0.15) is 5.52 Å². The molecule has 2 N–H and O–H groups in total. The minimum atomic E-state index is -0.381. The van der Waals surface area contributed by atoms with Gasteiger partial charge in [-0.3, -0.25) is 0 Å². The summed E-state index contributed by atoms with van der Waals surface area (Å²) in [4.78, 5) is 4.04. The van der Waals surface area contributed by atoms with Gasteiger partial charge < -0.3 is 15.0 Å². The monoisotopic (exact) mass is 237 g/mol. The molecule has 0 aliphatic carbocycles. The predicted molar refractivity (Wildman–Crippen MR) is 65.2 cm³/mol. The molecule has 0 atom stereocenters. The predicted octanol–water partition coefficient (Wildman–Crippen LogP) is 2.18. The highest BCUT2D eigenvalue weighted by Gasteiger charge is 2.21. The molecule has 5 heteroatoms. The second kappa shape index (κ2) is 4.00. The molecule has 0 spiro atoms. The van der Waals surface area contributed by atoms with Crippen molar-refractivity contribution in [1.82, 2.24) is 9.55 Å². The normalized spacial score (nSPS) is 12.2. The van der Waals surface area contributed by atoms with Gasteiger partial charge in [-0.25, -0.2) is 9.37 Å². The van der Waals surface area contributed by atoms with Crippen molar-refractivity contribution in [3.63, 3.8) is 0 Å². The van der Waals surface area contributed by atoms with Crippen LogP contribution in [0.25, 0.3) is 11.0 Å². The molecule has 0 fully saturated rings. The van der Waals surface area contributed by atoms with Gasteiger partial charge in [-0.2, -0.15) is 0 Å². The van der Waals surface area contributed by atoms with Crippen LogP contribution in [-0.4, -0.2) is 22.3 Å². The van der Waals surface area contributed by atoms with Gasteiger partial charge in [-0.15, -0.1) is 0 Å². The molecular formula is C12H16FN3O. The second-order valence-corrected chi connectivity index (χ2v) is 4.63. The van der Waals surface area contributed by atoms with Crippen molar-refractivity contribution in [3.05, 3.63) is 24.0 Å². The van der Waals surface area contributed by atoms with Gasteiger partial charge in [-0.1, -0.05) is 6.07 Å². The summed E-state index contributed by atoms with van der Waals surface area (Å²) in [5, 5.41) is 0. The third-order valence-corrected chi connectivity index (χ3v) is 2.85. The van der Waals surface area contributed by atoms with Crippen LogP contribution in [0, 0.1) is 5.82 Å². The van der Waals surface area contributed by atoms with Crippen LogP contribution in [0.1, 0.15) is 13.8 Å². The van der Waals surface area contributed by atoms with Crippen molar-refractivity contribution in [2.45, 2.75) is 26.0 Å². The van der Waals surface area contributed by atoms with Crippen LogP contribution in [0.2, 0.25) is 0 Å². The van der Waals surface area contributed by atoms with E-state index in [0.717, 1.165) is 0 Å². The average Bonchev–Trinajstić information content (AvgIpc) is 2.58. The van der Waals surface area contributed by atoms with Crippen molar-refractivity contribution >= 4 is 17.0 Å². The number of benzene rings is 1. The third kappa shape index (κ3) is 2.10. The Kier molecular flexibility index (Phi) is 2.79. The highest BCUT2D eigenvalue weighted by Crippen LogP contribution is 2.23. The number of aromatic nitrogens is 2. The maximum absolute atomic E-state index is 13.5. The Balaban J connectivity index is 2.54. The number of rotatable bonds is 3. The van der Waals surface area contributed by atoms with Gasteiger partial charge in [-0.05, 0) is 26.0 Å². The molecule has 2 aromatic rings. The number of imidazole rings is 1. The van der Waals surface area contributed by atoms with Gasteiger partial charge in [0.2, 0.25) is 5.95 Å². The fourth-order valence-electron chi connectivity index (χ4n) is 1.74. The number of halogens is 1. The smallest absolute Gasteiger partial charge is 0.201 e. The standard InChI is InChI=1S/C12H16FN3O/c1-12(2,17-3)7-16-9-6-4-5-8(13)10(9)15-11(16)14/h4-6H,7H2,1-3H3,(H2,14,15). The second-order valence-electron chi connectivity index (χ2n) is 4.63. The average molecular weight is 237 g/mol. The van der Waals surface area contributed by atoms with E-state index < -0.39 is 0 Å². The van der Waals surface area contributed by atoms with E-state index >= 15 is 0 Å². The topological polar surface area (TPSA) is 53.1 Å². The molecule has 0 amide bonds. The molecule has 1 heterocycles. The molecule has 0 bridgehead atoms. The number of nitrogens with zero attached hydrogens (tertiary/aromatic N) is 2. The van der Waals surface area contributed by atoms with Gasteiger partial charge in [0.05, 0.1) is 17.7 Å². The Morgan fingerprint density at radius 1 is 1.47 bits per heavy atom. The van der Waals surface area contributed by atoms with E-state index in [-0.39, 0.29) is 11.4 Å². The lowest BCUT2D eigenvalue weighted by molar-refractivity contribution is 0.00947. The van der Waals surface area contributed by atoms with E-state index in [1.807, 2.05) is 13.8 Å². The van der Waals surface area contributed by atoms with E-state index in [1.165, 1.54) is 6.07 Å². The lowest BCUT2D eigenvalue weighted by Crippen LogP contribution is -2.29. The van der Waals surface area contributed by atoms with E-state index in [2.05, 4.69) is 4.98 Å². The SMILES string of the molecule is COC(C)(C)Cn1c(N)nc2c(F)cccc21. The third-order valence-electron chi connectivity index (χ3n) is 2.85. The minimum absolute atomic E-state index is 0.301. The van der Waals surface area contributed by atoms with Crippen molar-refractivity contribution in [3.8, 4) is 0 Å². The number of hydrogen-bond acceptors (Lipinski definition) is 3. The first-order valence-electron chi connectivity index (χ1n) is 5.40. The number of nitrogens with two attached hydrogens (primary N) is 1. The Hall–Kier alpha value is -1.62. The molecule has 1 aromatic heterocycles. The van der Waals surface area contributed by atoms with Crippen molar-refractivity contribution in [2.75, 3.05) is 12.8 Å². The highest BCUT2D eigenvalue weighted by molar-refractivity contribution is 5.78. The Labute approximate surface area is 99.2 Å². The van der Waals surface area contributed by atoms with Crippen LogP contribution in [0.3, 0.4) is 0 Å². The number of methoxy groups -OCH3 is 1. The van der Waals surface area contributed by atoms with Crippen LogP contribution >= 0.6 is 0 Å². The lowest BCUT2D eigenvalue weighted by Gasteiger charge is -2.24. The number of para-hydroxylation sites is 1. The van der Waals surface area contributed by atoms with Crippen LogP contribution in [0.15, 0.2) is 18.2 Å². The highest BCUT2D eigenvalue weighted by atomic mass is 19.1. The fraction of sp³-hybridized carbons (Fsp3) is 0.417. The number of nitrogen functional groups attached to an aromatic ring is 1. The molecule has 0 saturated heterocycles. The molecule has 0 saturated carbocycles. The quantitative estimate of drug-likeness (QED) is 0.890. The van der Waals surface area contributed by atoms with Crippen LogP contribution < -0.4 is 5.73 Å². The van der Waals surface area contributed by atoms with E-state index in [1.54, 1.807) is 23.8 Å². The molecule has 0 aliphatic rings. The Bertz CT molecular complexity index is 548. The van der Waals surface area contributed by atoms with E-state index in [9.17, 15) is 4.39 Å². The van der Waals surface area contributed by atoms with Crippen molar-refractivity contribution < 1.29 is 9.13 Å². The van der Waals surface area contributed by atoms with Crippen LogP contribution in [-0.2, 0) is 11.3 Å². The van der Waals surface area contributed by atoms with Crippen molar-refractivity contribution in [1.29, 1.82) is 0 Å². The molecule has 0 aliphatic heterocycles. The molecule has 1 aromatic carbocycles. The molecular weight excluding hydrogens is 221 g/mol. The van der Waals surface area contributed by atoms with Gasteiger partial charge in [0, 0.05) is 7.11 Å². The summed E-state index contributed by atoms with van der Waals surface area (Å²) in [6, 6.07) is 4.82. The fourth-order valence-corrected chi connectivity index (χ4v) is 1.74. The Morgan fingerprint density at radius 2 is 2.18 bits per heavy atom. The van der Waals surface area contributed by atoms with E-state index in [0.29, 0.717) is 23.5 Å². The minimum Gasteiger partial charge on any atom is -0.377 e. The summed E-state index contributed by atoms with van der Waals surface area (Å²) in [7, 11) is 1.63. The first kappa shape index (κ1) is 11.9. The zero-order valence-corrected chi connectivity index (χ0v) is 10.2. The van der Waals surface area contributed by atoms with E-state index in [4.69, 9.17) is 10.5 Å². The molecule has 92 valence electrons. The number of hydrogen-bond donors (Lipinski definition) is 1. The largest absolute Gasteiger partial charge is 0.377 e. The van der Waals surface area contributed by atoms with Gasteiger partial charge in [0.15, 0.2) is 5.82 Å². The summed E-state index contributed by atoms with van der Waals surface area (Å²) >= 11 is 0. The van der Waals surface area contributed by atoms with Crippen molar-refractivity contribution in [2.24, 2.45) is 0 Å². The number of ether oxygens (including phenoxy) is 1. The first-order chi connectivity index (χ1) is 7.94. The molecule has 4 nitrogen and oxygen atoms in total. The number of fused-ring (bicyclic) bond motifs is 1. The summed E-state index contributed by atoms with van der Waals surface area (Å²) in [5.41, 5.74) is 6.42. The van der Waals surface area contributed by atoms with Crippen LogP contribution in [0.4, 0.5) is 10.3 Å². The lowest BCUT2D eigenvalue weighted by atomic mass is 10.1. The van der Waals surface area contributed by atoms with Crippen LogP contribution in [0.5, 0.6) is 0 Å². The maximum atomic E-state index is 13.5. The summed E-state index contributed by atoms with van der Waals surface area (Å²) in [6.45, 7) is 4.41. The maximum Gasteiger partial charge on any atom is 0.201 e. The zero-order chi connectivity index (χ0) is 12.6. The zero-order valence-electron chi connectivity index (χ0n) is 10.2. The number of anilines is 1. The van der Waals surface area contributed by atoms with Gasteiger partial charge >= 0.3 is 0 Å². The molecule has 2 rings (SSSR count). The molecule has 0 unspecified atom stereocenters. The summed E-state index contributed by atoms with van der Waals surface area (Å²) < 4.78 is 20.6. The summed E-state index contributed by atoms with van der Waals surface area (Å²) in [5.74, 6) is -0.0570. The Morgan fingerprint density at radius 3 is 2.82 bits per heavy atom.